The lowest BCUT2D eigenvalue weighted by Gasteiger charge is -2.08. The van der Waals surface area contributed by atoms with Gasteiger partial charge in [-0.2, -0.15) is 0 Å². The number of nitrogens with one attached hydrogen (secondary N) is 2. The number of hydrogen-bond acceptors (Lipinski definition) is 9. The lowest BCUT2D eigenvalue weighted by atomic mass is 10.2. The van der Waals surface area contributed by atoms with Crippen molar-refractivity contribution in [3.05, 3.63) is 53.0 Å². The fourth-order valence-electron chi connectivity index (χ4n) is 3.10. The van der Waals surface area contributed by atoms with E-state index in [-0.39, 0.29) is 18.2 Å². The maximum atomic E-state index is 12.6. The van der Waals surface area contributed by atoms with E-state index < -0.39 is 0 Å². The molecular weight excluding hydrogens is 476 g/mol. The molecule has 176 valence electrons. The van der Waals surface area contributed by atoms with Crippen LogP contribution in [0.25, 0.3) is 10.2 Å². The topological polar surface area (TPSA) is 112 Å². The Labute approximate surface area is 203 Å². The van der Waals surface area contributed by atoms with Crippen molar-refractivity contribution >= 4 is 55.0 Å². The highest BCUT2D eigenvalue weighted by Crippen LogP contribution is 2.29. The smallest absolute Gasteiger partial charge is 0.257 e. The maximum Gasteiger partial charge on any atom is 0.257 e. The lowest BCUT2D eigenvalue weighted by molar-refractivity contribution is -0.115. The Morgan fingerprint density at radius 1 is 0.941 bits per heavy atom. The van der Waals surface area contributed by atoms with Gasteiger partial charge in [0.25, 0.3) is 5.91 Å². The summed E-state index contributed by atoms with van der Waals surface area (Å²) in [6.07, 6.45) is 0.0550. The number of rotatable bonds is 9. The highest BCUT2D eigenvalue weighted by molar-refractivity contribution is 7.22. The van der Waals surface area contributed by atoms with Crippen molar-refractivity contribution in [3.8, 4) is 17.2 Å². The van der Waals surface area contributed by atoms with Gasteiger partial charge in [0, 0.05) is 17.0 Å². The number of aromatic nitrogens is 2. The predicted octanol–water partition coefficient (Wildman–Crippen LogP) is 4.60. The summed E-state index contributed by atoms with van der Waals surface area (Å²) in [5.41, 5.74) is 1.70. The van der Waals surface area contributed by atoms with Gasteiger partial charge in [-0.3, -0.25) is 14.9 Å². The van der Waals surface area contributed by atoms with E-state index in [1.54, 1.807) is 23.6 Å². The van der Waals surface area contributed by atoms with Gasteiger partial charge in [-0.1, -0.05) is 11.3 Å². The molecule has 0 radical (unpaired) electrons. The van der Waals surface area contributed by atoms with Gasteiger partial charge in [-0.25, -0.2) is 9.97 Å². The number of anilines is 2. The molecule has 4 rings (SSSR count). The molecule has 2 amide bonds. The van der Waals surface area contributed by atoms with Crippen LogP contribution in [0.2, 0.25) is 0 Å². The van der Waals surface area contributed by atoms with Crippen LogP contribution < -0.4 is 24.8 Å². The van der Waals surface area contributed by atoms with Crippen molar-refractivity contribution in [2.75, 3.05) is 31.5 Å². The first-order chi connectivity index (χ1) is 16.5. The molecule has 0 bridgehead atoms. The molecule has 0 spiro atoms. The molecule has 0 fully saturated rings. The Morgan fingerprint density at radius 2 is 1.71 bits per heavy atom. The molecular formula is C23H22N4O5S2. The average molecular weight is 499 g/mol. The third-order valence-corrected chi connectivity index (χ3v) is 6.38. The Kier molecular flexibility index (Phi) is 7.24. The number of carbonyl (C=O) groups is 2. The molecule has 11 heteroatoms. The zero-order chi connectivity index (χ0) is 24.1. The van der Waals surface area contributed by atoms with Crippen LogP contribution in [0, 0.1) is 0 Å². The molecule has 0 aliphatic carbocycles. The second kappa shape index (κ2) is 10.5. The number of amides is 2. The predicted molar refractivity (Wildman–Crippen MR) is 133 cm³/mol. The minimum Gasteiger partial charge on any atom is -0.497 e. The Hall–Kier alpha value is -3.70. The van der Waals surface area contributed by atoms with E-state index in [0.717, 1.165) is 16.0 Å². The van der Waals surface area contributed by atoms with E-state index >= 15 is 0 Å². The fraction of sp³-hybridized carbons (Fsp3) is 0.217. The molecule has 0 aliphatic rings. The van der Waals surface area contributed by atoms with Gasteiger partial charge in [-0.15, -0.1) is 11.3 Å². The van der Waals surface area contributed by atoms with Crippen molar-refractivity contribution in [3.63, 3.8) is 0 Å². The molecule has 0 unspecified atom stereocenters. The number of ether oxygens (including phenoxy) is 3. The van der Waals surface area contributed by atoms with Crippen LogP contribution in [-0.2, 0) is 11.2 Å². The van der Waals surface area contributed by atoms with Crippen LogP contribution >= 0.6 is 22.7 Å². The van der Waals surface area contributed by atoms with Crippen LogP contribution in [0.15, 0.2) is 41.8 Å². The van der Waals surface area contributed by atoms with E-state index in [9.17, 15) is 9.59 Å². The summed E-state index contributed by atoms with van der Waals surface area (Å²) in [6.45, 7) is 2.51. The van der Waals surface area contributed by atoms with E-state index in [1.807, 2.05) is 25.1 Å². The summed E-state index contributed by atoms with van der Waals surface area (Å²) in [4.78, 5) is 33.9. The van der Waals surface area contributed by atoms with Crippen molar-refractivity contribution in [2.45, 2.75) is 13.3 Å². The van der Waals surface area contributed by atoms with Crippen molar-refractivity contribution in [1.29, 1.82) is 0 Å². The highest BCUT2D eigenvalue weighted by atomic mass is 32.1. The molecule has 9 nitrogen and oxygen atoms in total. The Bertz CT molecular complexity index is 1310. The zero-order valence-corrected chi connectivity index (χ0v) is 20.3. The molecule has 0 saturated carbocycles. The molecule has 0 aliphatic heterocycles. The largest absolute Gasteiger partial charge is 0.497 e. The van der Waals surface area contributed by atoms with Crippen molar-refractivity contribution in [2.24, 2.45) is 0 Å². The van der Waals surface area contributed by atoms with Crippen molar-refractivity contribution < 1.29 is 23.8 Å². The fourth-order valence-corrected chi connectivity index (χ4v) is 4.71. The second-order valence-electron chi connectivity index (χ2n) is 7.01. The number of fused-ring (bicyclic) bond motifs is 1. The summed E-state index contributed by atoms with van der Waals surface area (Å²) in [5.74, 6) is 1.17. The summed E-state index contributed by atoms with van der Waals surface area (Å²) in [5, 5.41) is 8.17. The molecule has 2 aromatic carbocycles. The molecule has 2 aromatic heterocycles. The van der Waals surface area contributed by atoms with Gasteiger partial charge in [-0.05, 0) is 37.3 Å². The van der Waals surface area contributed by atoms with Crippen LogP contribution in [0.1, 0.15) is 23.0 Å². The summed E-state index contributed by atoms with van der Waals surface area (Å²) >= 11 is 2.61. The third kappa shape index (κ3) is 5.61. The van der Waals surface area contributed by atoms with E-state index in [4.69, 9.17) is 14.2 Å². The van der Waals surface area contributed by atoms with Gasteiger partial charge in [0.05, 0.1) is 43.2 Å². The second-order valence-corrected chi connectivity index (χ2v) is 8.89. The van der Waals surface area contributed by atoms with Crippen LogP contribution in [0.5, 0.6) is 17.2 Å². The summed E-state index contributed by atoms with van der Waals surface area (Å²) < 4.78 is 16.8. The zero-order valence-electron chi connectivity index (χ0n) is 18.7. The number of thiazole rings is 2. The number of benzene rings is 2. The van der Waals surface area contributed by atoms with Crippen LogP contribution in [-0.4, -0.2) is 42.6 Å². The maximum absolute atomic E-state index is 12.6. The van der Waals surface area contributed by atoms with Crippen LogP contribution in [0.3, 0.4) is 0 Å². The molecule has 0 saturated heterocycles. The van der Waals surface area contributed by atoms with E-state index in [2.05, 4.69) is 20.6 Å². The molecule has 0 atom stereocenters. The summed E-state index contributed by atoms with van der Waals surface area (Å²) in [6, 6.07) is 10.5. The molecule has 34 heavy (non-hydrogen) atoms. The van der Waals surface area contributed by atoms with Crippen molar-refractivity contribution in [1.82, 2.24) is 9.97 Å². The number of carbonyl (C=O) groups excluding carboxylic acids is 2. The number of methoxy groups -OCH3 is 2. The lowest BCUT2D eigenvalue weighted by Crippen LogP contribution is -2.15. The van der Waals surface area contributed by atoms with Gasteiger partial charge >= 0.3 is 0 Å². The first kappa shape index (κ1) is 23.5. The molecule has 4 aromatic rings. The normalized spacial score (nSPS) is 10.7. The van der Waals surface area contributed by atoms with E-state index in [0.29, 0.717) is 39.6 Å². The molecule has 2 N–H and O–H groups in total. The molecule has 2 heterocycles. The minimum absolute atomic E-state index is 0.0550. The Balaban J connectivity index is 1.37. The average Bonchev–Trinajstić information content (AvgIpc) is 3.44. The monoisotopic (exact) mass is 498 g/mol. The number of nitrogens with zero attached hydrogens (tertiary/aromatic N) is 2. The van der Waals surface area contributed by atoms with Gasteiger partial charge < -0.3 is 19.5 Å². The minimum atomic E-state index is -0.358. The van der Waals surface area contributed by atoms with Gasteiger partial charge in [0.2, 0.25) is 5.91 Å². The van der Waals surface area contributed by atoms with Gasteiger partial charge in [0.1, 0.15) is 17.2 Å². The summed E-state index contributed by atoms with van der Waals surface area (Å²) in [7, 11) is 3.03. The van der Waals surface area contributed by atoms with Crippen LogP contribution in [0.4, 0.5) is 10.3 Å². The van der Waals surface area contributed by atoms with Gasteiger partial charge in [0.15, 0.2) is 10.3 Å². The first-order valence-electron chi connectivity index (χ1n) is 10.3. The highest BCUT2D eigenvalue weighted by Gasteiger charge is 2.15. The number of hydrogen-bond donors (Lipinski definition) is 2. The Morgan fingerprint density at radius 3 is 2.41 bits per heavy atom. The standard InChI is InChI=1S/C23H22N4O5S2/c1-4-32-15-5-6-18-19(11-15)34-23(25-18)26-20(28)9-14-12-33-22(24-14)27-21(29)13-7-16(30-2)10-17(8-13)31-3/h5-8,10-12H,4,9H2,1-3H3,(H,24,27,29)(H,25,26,28). The SMILES string of the molecule is CCOc1ccc2nc(NC(=O)Cc3csc(NC(=O)c4cc(OC)cc(OC)c4)n3)sc2c1. The van der Waals surface area contributed by atoms with E-state index in [1.165, 1.54) is 36.9 Å². The third-order valence-electron chi connectivity index (χ3n) is 4.64. The first-order valence-corrected chi connectivity index (χ1v) is 12.0. The quantitative estimate of drug-likeness (QED) is 0.347.